The van der Waals surface area contributed by atoms with Crippen LogP contribution in [0.15, 0.2) is 47.2 Å². The number of anilines is 1. The van der Waals surface area contributed by atoms with Gasteiger partial charge in [-0.25, -0.2) is 0 Å². The Morgan fingerprint density at radius 1 is 1.14 bits per heavy atom. The van der Waals surface area contributed by atoms with E-state index in [1.165, 1.54) is 5.56 Å². The molecular weight excluding hydrogens is 328 g/mol. The molecule has 5 heteroatoms. The van der Waals surface area contributed by atoms with Crippen LogP contribution in [0.25, 0.3) is 22.4 Å². The van der Waals surface area contributed by atoms with Gasteiger partial charge in [0.15, 0.2) is 0 Å². The number of benzene rings is 1. The molecule has 1 aromatic carbocycles. The van der Waals surface area contributed by atoms with Crippen LogP contribution in [0.5, 0.6) is 0 Å². The Kier molecular flexibility index (Phi) is 3.51. The summed E-state index contributed by atoms with van der Waals surface area (Å²) in [6.45, 7) is 2.06. The molecule has 0 fully saturated rings. The predicted octanol–water partition coefficient (Wildman–Crippen LogP) is 3.80. The first-order valence-corrected chi connectivity index (χ1v) is 7.36. The third kappa shape index (κ3) is 2.45. The van der Waals surface area contributed by atoms with Crippen molar-refractivity contribution in [2.75, 3.05) is 5.73 Å². The molecule has 0 amide bonds. The molecule has 0 saturated heterocycles. The van der Waals surface area contributed by atoms with Gasteiger partial charge in [-0.05, 0) is 36.2 Å². The minimum atomic E-state index is 0.642. The minimum absolute atomic E-state index is 0.642. The lowest BCUT2D eigenvalue weighted by Gasteiger charge is -2.06. The van der Waals surface area contributed by atoms with Crippen molar-refractivity contribution in [1.29, 1.82) is 0 Å². The van der Waals surface area contributed by atoms with E-state index >= 15 is 0 Å². The fraction of sp³-hybridized carbons (Fsp3) is 0.125. The van der Waals surface area contributed by atoms with Gasteiger partial charge >= 0.3 is 0 Å². The largest absolute Gasteiger partial charge is 0.383 e. The molecule has 2 heterocycles. The molecule has 2 N–H and O–H groups in total. The van der Waals surface area contributed by atoms with Crippen molar-refractivity contribution in [3.8, 4) is 22.4 Å². The zero-order valence-electron chi connectivity index (χ0n) is 11.8. The summed E-state index contributed by atoms with van der Waals surface area (Å²) in [5.74, 6) is 0.642. The van der Waals surface area contributed by atoms with Crippen LogP contribution in [0.1, 0.15) is 5.56 Å². The van der Waals surface area contributed by atoms with Gasteiger partial charge in [0.1, 0.15) is 11.5 Å². The zero-order valence-corrected chi connectivity index (χ0v) is 13.4. The maximum Gasteiger partial charge on any atom is 0.129 e. The van der Waals surface area contributed by atoms with Crippen molar-refractivity contribution in [3.63, 3.8) is 0 Å². The first-order chi connectivity index (χ1) is 10.1. The third-order valence-corrected chi connectivity index (χ3v) is 4.10. The quantitative estimate of drug-likeness (QED) is 0.770. The molecule has 0 radical (unpaired) electrons. The number of nitrogens with two attached hydrogens (primary N) is 1. The smallest absolute Gasteiger partial charge is 0.129 e. The average Bonchev–Trinajstić information content (AvgIpc) is 2.75. The molecule has 21 heavy (non-hydrogen) atoms. The van der Waals surface area contributed by atoms with Crippen LogP contribution in [-0.2, 0) is 7.05 Å². The van der Waals surface area contributed by atoms with E-state index in [4.69, 9.17) is 5.73 Å². The van der Waals surface area contributed by atoms with Gasteiger partial charge in [0.25, 0.3) is 0 Å². The third-order valence-electron chi connectivity index (χ3n) is 3.44. The Labute approximate surface area is 131 Å². The second kappa shape index (κ2) is 5.33. The highest BCUT2D eigenvalue weighted by atomic mass is 79.9. The van der Waals surface area contributed by atoms with E-state index in [0.717, 1.165) is 26.9 Å². The Morgan fingerprint density at radius 2 is 1.86 bits per heavy atom. The first kappa shape index (κ1) is 13.8. The first-order valence-electron chi connectivity index (χ1n) is 6.57. The second-order valence-electron chi connectivity index (χ2n) is 4.95. The molecule has 4 nitrogen and oxygen atoms in total. The van der Waals surface area contributed by atoms with E-state index in [1.54, 1.807) is 17.1 Å². The summed E-state index contributed by atoms with van der Waals surface area (Å²) in [6, 6.07) is 10.1. The van der Waals surface area contributed by atoms with Crippen molar-refractivity contribution in [3.05, 3.63) is 52.8 Å². The summed E-state index contributed by atoms with van der Waals surface area (Å²) in [5, 5.41) is 4.59. The molecule has 0 spiro atoms. The van der Waals surface area contributed by atoms with Crippen LogP contribution in [0, 0.1) is 6.92 Å². The number of nitrogen functional groups attached to an aromatic ring is 1. The van der Waals surface area contributed by atoms with Crippen molar-refractivity contribution >= 4 is 21.7 Å². The molecule has 0 aliphatic heterocycles. The van der Waals surface area contributed by atoms with Crippen LogP contribution in [0.2, 0.25) is 0 Å². The maximum absolute atomic E-state index is 6.22. The Balaban J connectivity index is 2.27. The molecule has 2 aromatic heterocycles. The summed E-state index contributed by atoms with van der Waals surface area (Å²) >= 11 is 3.62. The Bertz CT molecular complexity index is 794. The van der Waals surface area contributed by atoms with Crippen molar-refractivity contribution < 1.29 is 0 Å². The number of halogens is 1. The van der Waals surface area contributed by atoms with Crippen LogP contribution >= 0.6 is 15.9 Å². The lowest BCUT2D eigenvalue weighted by Crippen LogP contribution is -1.97. The summed E-state index contributed by atoms with van der Waals surface area (Å²) in [4.78, 5) is 4.06. The maximum atomic E-state index is 6.22. The highest BCUT2D eigenvalue weighted by molar-refractivity contribution is 9.10. The van der Waals surface area contributed by atoms with Crippen molar-refractivity contribution in [1.82, 2.24) is 14.8 Å². The lowest BCUT2D eigenvalue weighted by molar-refractivity contribution is 0.782. The van der Waals surface area contributed by atoms with Gasteiger partial charge in [-0.3, -0.25) is 9.67 Å². The fourth-order valence-corrected chi connectivity index (χ4v) is 3.02. The number of pyridine rings is 1. The predicted molar refractivity (Wildman–Crippen MR) is 88.7 cm³/mol. The SMILES string of the molecule is Cc1ccc(-c2nn(C)c(N)c2-c2ccncc2)c(Br)c1. The van der Waals surface area contributed by atoms with E-state index in [1.807, 2.05) is 19.2 Å². The van der Waals surface area contributed by atoms with Crippen LogP contribution < -0.4 is 5.73 Å². The molecule has 0 unspecified atom stereocenters. The summed E-state index contributed by atoms with van der Waals surface area (Å²) in [7, 11) is 1.85. The van der Waals surface area contributed by atoms with Gasteiger partial charge in [-0.2, -0.15) is 5.10 Å². The van der Waals surface area contributed by atoms with Crippen LogP contribution in [0.3, 0.4) is 0 Å². The number of hydrogen-bond donors (Lipinski definition) is 1. The highest BCUT2D eigenvalue weighted by Crippen LogP contribution is 2.38. The average molecular weight is 343 g/mol. The molecule has 0 aliphatic carbocycles. The minimum Gasteiger partial charge on any atom is -0.383 e. The van der Waals surface area contributed by atoms with Gasteiger partial charge in [-0.15, -0.1) is 0 Å². The number of aromatic nitrogens is 3. The van der Waals surface area contributed by atoms with Crippen LogP contribution in [-0.4, -0.2) is 14.8 Å². The molecule has 0 saturated carbocycles. The Hall–Kier alpha value is -2.14. The van der Waals surface area contributed by atoms with E-state index in [2.05, 4.69) is 51.1 Å². The van der Waals surface area contributed by atoms with Gasteiger partial charge in [0.05, 0.1) is 5.56 Å². The van der Waals surface area contributed by atoms with Gasteiger partial charge in [0.2, 0.25) is 0 Å². The van der Waals surface area contributed by atoms with Gasteiger partial charge in [-0.1, -0.05) is 28.1 Å². The number of aryl methyl sites for hydroxylation is 2. The standard InChI is InChI=1S/C16H15BrN4/c1-10-3-4-12(13(17)9-10)15-14(16(18)21(2)20-15)11-5-7-19-8-6-11/h3-9H,18H2,1-2H3. The number of nitrogens with zero attached hydrogens (tertiary/aromatic N) is 3. The molecule has 3 aromatic rings. The van der Waals surface area contributed by atoms with Crippen molar-refractivity contribution in [2.24, 2.45) is 7.05 Å². The number of hydrogen-bond acceptors (Lipinski definition) is 3. The monoisotopic (exact) mass is 342 g/mol. The molecular formula is C16H15BrN4. The van der Waals surface area contributed by atoms with Crippen LogP contribution in [0.4, 0.5) is 5.82 Å². The molecule has 3 rings (SSSR count). The zero-order chi connectivity index (χ0) is 15.0. The lowest BCUT2D eigenvalue weighted by atomic mass is 10.0. The molecule has 0 bridgehead atoms. The summed E-state index contributed by atoms with van der Waals surface area (Å²) in [6.07, 6.45) is 3.52. The summed E-state index contributed by atoms with van der Waals surface area (Å²) in [5.41, 5.74) is 11.3. The normalized spacial score (nSPS) is 10.8. The Morgan fingerprint density at radius 3 is 2.52 bits per heavy atom. The number of rotatable bonds is 2. The van der Waals surface area contributed by atoms with E-state index in [9.17, 15) is 0 Å². The van der Waals surface area contributed by atoms with Crippen molar-refractivity contribution in [2.45, 2.75) is 6.92 Å². The van der Waals surface area contributed by atoms with E-state index in [0.29, 0.717) is 5.82 Å². The van der Waals surface area contributed by atoms with Gasteiger partial charge < -0.3 is 5.73 Å². The fourth-order valence-electron chi connectivity index (χ4n) is 2.34. The van der Waals surface area contributed by atoms with E-state index < -0.39 is 0 Å². The summed E-state index contributed by atoms with van der Waals surface area (Å²) < 4.78 is 2.72. The molecule has 0 atom stereocenters. The highest BCUT2D eigenvalue weighted by Gasteiger charge is 2.18. The topological polar surface area (TPSA) is 56.7 Å². The second-order valence-corrected chi connectivity index (χ2v) is 5.81. The van der Waals surface area contributed by atoms with E-state index in [-0.39, 0.29) is 0 Å². The van der Waals surface area contributed by atoms with Gasteiger partial charge in [0, 0.05) is 29.5 Å². The molecule has 0 aliphatic rings. The molecule has 106 valence electrons.